The van der Waals surface area contributed by atoms with E-state index in [1.165, 1.54) is 57.8 Å². The van der Waals surface area contributed by atoms with Crippen molar-refractivity contribution >= 4 is 19.8 Å². The SMILES string of the molecule is CCCCC/C=C\C/C=C\C/C=C\C/C=C\C/C=C\CCC(=O)O[C@H](COC(=O)CCCC(O)/C=C/C=C/C/C=C/CCCCCCCC)COP(=O)(O)OC1[C@H](O)[C@H](O)C(O)[C@H](O)[C@H]1O. The number of phosphoric acid groups is 1. The highest BCUT2D eigenvalue weighted by Crippen LogP contribution is 2.47. The number of rotatable bonds is 38. The molecule has 0 amide bonds. The molecule has 0 radical (unpaired) electrons. The molecule has 4 unspecified atom stereocenters. The van der Waals surface area contributed by atoms with E-state index in [1.807, 2.05) is 36.5 Å². The van der Waals surface area contributed by atoms with E-state index in [1.54, 1.807) is 12.2 Å². The first-order chi connectivity index (χ1) is 31.8. The van der Waals surface area contributed by atoms with Crippen LogP contribution in [0.1, 0.15) is 149 Å². The number of hydrogen-bond acceptors (Lipinski definition) is 13. The van der Waals surface area contributed by atoms with Crippen LogP contribution in [0.15, 0.2) is 97.2 Å². The number of aliphatic hydroxyl groups is 6. The zero-order chi connectivity index (χ0) is 48.7. The number of unbranched alkanes of at least 4 members (excludes halogenated alkanes) is 9. The molecule has 14 nitrogen and oxygen atoms in total. The Hall–Kier alpha value is -3.27. The van der Waals surface area contributed by atoms with Crippen molar-refractivity contribution in [2.45, 2.75) is 198 Å². The maximum atomic E-state index is 12.8. The zero-order valence-electron chi connectivity index (χ0n) is 39.6. The third-order valence-corrected chi connectivity index (χ3v) is 11.5. The molecule has 1 saturated carbocycles. The van der Waals surface area contributed by atoms with Gasteiger partial charge in [-0.05, 0) is 77.0 Å². The van der Waals surface area contributed by atoms with Crippen molar-refractivity contribution < 1.29 is 68.2 Å². The average Bonchev–Trinajstić information content (AvgIpc) is 3.29. The molecule has 1 aliphatic carbocycles. The highest BCUT2D eigenvalue weighted by Gasteiger charge is 2.51. The van der Waals surface area contributed by atoms with E-state index in [4.69, 9.17) is 18.5 Å². The fourth-order valence-electron chi connectivity index (χ4n) is 6.57. The van der Waals surface area contributed by atoms with Crippen molar-refractivity contribution in [3.63, 3.8) is 0 Å². The van der Waals surface area contributed by atoms with Gasteiger partial charge < -0.3 is 45.0 Å². The van der Waals surface area contributed by atoms with Gasteiger partial charge in [0.05, 0.1) is 12.7 Å². The molecule has 0 saturated heterocycles. The Bertz CT molecular complexity index is 1540. The molecule has 0 heterocycles. The van der Waals surface area contributed by atoms with E-state index < -0.39 is 81.8 Å². The second-order valence-electron chi connectivity index (χ2n) is 16.5. The van der Waals surface area contributed by atoms with Crippen molar-refractivity contribution in [1.82, 2.24) is 0 Å². The molecule has 15 heteroatoms. The number of carbonyl (C=O) groups is 2. The molecule has 1 aliphatic rings. The molecule has 7 N–H and O–H groups in total. The second kappa shape index (κ2) is 39.7. The third kappa shape index (κ3) is 31.7. The maximum Gasteiger partial charge on any atom is 0.472 e. The molecule has 376 valence electrons. The molecule has 9 atom stereocenters. The van der Waals surface area contributed by atoms with E-state index in [9.17, 15) is 49.7 Å². The average molecular weight is 951 g/mol. The number of hydrogen-bond donors (Lipinski definition) is 7. The monoisotopic (exact) mass is 951 g/mol. The van der Waals surface area contributed by atoms with E-state index in [-0.39, 0.29) is 25.7 Å². The van der Waals surface area contributed by atoms with Gasteiger partial charge in [0.2, 0.25) is 0 Å². The minimum atomic E-state index is -5.19. The van der Waals surface area contributed by atoms with E-state index in [0.717, 1.165) is 38.5 Å². The van der Waals surface area contributed by atoms with Crippen LogP contribution in [0.2, 0.25) is 0 Å². The summed E-state index contributed by atoms with van der Waals surface area (Å²) >= 11 is 0. The van der Waals surface area contributed by atoms with Crippen molar-refractivity contribution in [2.75, 3.05) is 13.2 Å². The number of carbonyl (C=O) groups excluding carboxylic acids is 2. The van der Waals surface area contributed by atoms with Gasteiger partial charge in [0.1, 0.15) is 43.2 Å². The zero-order valence-corrected chi connectivity index (χ0v) is 40.4. The molecule has 1 fully saturated rings. The summed E-state index contributed by atoms with van der Waals surface area (Å²) in [5.74, 6) is -1.40. The van der Waals surface area contributed by atoms with E-state index in [0.29, 0.717) is 12.8 Å². The lowest BCUT2D eigenvalue weighted by Crippen LogP contribution is -2.64. The van der Waals surface area contributed by atoms with E-state index in [2.05, 4.69) is 62.5 Å². The molecular formula is C51H83O14P. The molecule has 0 spiro atoms. The molecule has 66 heavy (non-hydrogen) atoms. The van der Waals surface area contributed by atoms with Crippen LogP contribution in [0, 0.1) is 0 Å². The molecule has 0 aromatic heterocycles. The molecule has 0 aliphatic heterocycles. The van der Waals surface area contributed by atoms with Crippen LogP contribution in [-0.4, -0.2) is 110 Å². The lowest BCUT2D eigenvalue weighted by atomic mass is 9.85. The van der Waals surface area contributed by atoms with E-state index >= 15 is 0 Å². The van der Waals surface area contributed by atoms with Gasteiger partial charge in [-0.15, -0.1) is 0 Å². The summed E-state index contributed by atoms with van der Waals surface area (Å²) in [5, 5.41) is 60.5. The van der Waals surface area contributed by atoms with Crippen LogP contribution in [0.4, 0.5) is 0 Å². The van der Waals surface area contributed by atoms with Crippen LogP contribution in [0.3, 0.4) is 0 Å². The minimum Gasteiger partial charge on any atom is -0.462 e. The Morgan fingerprint density at radius 1 is 0.545 bits per heavy atom. The largest absolute Gasteiger partial charge is 0.472 e. The maximum absolute atomic E-state index is 12.8. The highest BCUT2D eigenvalue weighted by molar-refractivity contribution is 7.47. The van der Waals surface area contributed by atoms with Gasteiger partial charge in [0.25, 0.3) is 0 Å². The molecular weight excluding hydrogens is 868 g/mol. The fourth-order valence-corrected chi connectivity index (χ4v) is 7.54. The number of ether oxygens (including phenoxy) is 2. The Labute approximate surface area is 394 Å². The Morgan fingerprint density at radius 2 is 1.02 bits per heavy atom. The summed E-state index contributed by atoms with van der Waals surface area (Å²) < 4.78 is 33.3. The number of allylic oxidation sites excluding steroid dienone is 15. The lowest BCUT2D eigenvalue weighted by Gasteiger charge is -2.41. The van der Waals surface area contributed by atoms with Crippen molar-refractivity contribution in [3.8, 4) is 0 Å². The van der Waals surface area contributed by atoms with Crippen LogP contribution >= 0.6 is 7.82 Å². The summed E-state index contributed by atoms with van der Waals surface area (Å²) in [7, 11) is -5.19. The van der Waals surface area contributed by atoms with Crippen molar-refractivity contribution in [2.24, 2.45) is 0 Å². The summed E-state index contributed by atoms with van der Waals surface area (Å²) in [6, 6.07) is 0. The van der Waals surface area contributed by atoms with Gasteiger partial charge >= 0.3 is 19.8 Å². The number of aliphatic hydroxyl groups excluding tert-OH is 6. The second-order valence-corrected chi connectivity index (χ2v) is 17.9. The molecule has 1 rings (SSSR count). The lowest BCUT2D eigenvalue weighted by molar-refractivity contribution is -0.220. The predicted octanol–water partition coefficient (Wildman–Crippen LogP) is 8.80. The summed E-state index contributed by atoms with van der Waals surface area (Å²) in [6.07, 6.45) is 36.3. The first-order valence-electron chi connectivity index (χ1n) is 24.1. The van der Waals surface area contributed by atoms with Gasteiger partial charge in [-0.3, -0.25) is 18.6 Å². The van der Waals surface area contributed by atoms with Crippen molar-refractivity contribution in [1.29, 1.82) is 0 Å². The Morgan fingerprint density at radius 3 is 1.59 bits per heavy atom. The van der Waals surface area contributed by atoms with Crippen molar-refractivity contribution in [3.05, 3.63) is 97.2 Å². The molecule has 0 aromatic rings. The van der Waals surface area contributed by atoms with Crippen LogP contribution in [0.5, 0.6) is 0 Å². The van der Waals surface area contributed by atoms with Crippen LogP contribution in [-0.2, 0) is 32.7 Å². The van der Waals surface area contributed by atoms with Crippen LogP contribution < -0.4 is 0 Å². The molecule has 0 aromatic carbocycles. The molecule has 0 bridgehead atoms. The highest BCUT2D eigenvalue weighted by atomic mass is 31.2. The van der Waals surface area contributed by atoms with Gasteiger partial charge in [0, 0.05) is 12.8 Å². The predicted molar refractivity (Wildman–Crippen MR) is 259 cm³/mol. The first-order valence-corrected chi connectivity index (χ1v) is 25.6. The smallest absolute Gasteiger partial charge is 0.462 e. The minimum absolute atomic E-state index is 0.0715. The standard InChI is InChI=1S/C51H83O14P/c1-3-5-7-9-11-13-15-17-18-19-20-21-22-24-26-28-30-32-34-38-45(54)64-43(41-63-66(60,61)65-51-49(58)47(56)46(55)48(57)50(51)59)40-62-44(53)39-35-37-42(52)36-33-31-29-27-25-23-16-14-12-10-8-6-4-2/h11,13,17-18,20-21,23-26,29-33,36,42-43,46-52,55-59H,3-10,12,14-16,19,22,27-28,34-35,37-41H2,1-2H3,(H,60,61)/b13-11-,18-17-,21-20-,25-23+,26-24-,31-29+,32-30-,36-33+/t42?,43-,46?,47-,48+,49-,50-,51?/m1/s1. The van der Waals surface area contributed by atoms with Gasteiger partial charge in [-0.2, -0.15) is 0 Å². The first kappa shape index (κ1) is 60.7. The van der Waals surface area contributed by atoms with Gasteiger partial charge in [-0.25, -0.2) is 4.57 Å². The number of phosphoric ester groups is 1. The summed E-state index contributed by atoms with van der Waals surface area (Å²) in [4.78, 5) is 35.7. The third-order valence-electron chi connectivity index (χ3n) is 10.5. The quantitative estimate of drug-likeness (QED) is 0.0101. The Kier molecular flexibility index (Phi) is 36.5. The normalized spacial score (nSPS) is 22.6. The van der Waals surface area contributed by atoms with Crippen LogP contribution in [0.25, 0.3) is 0 Å². The topological polar surface area (TPSA) is 230 Å². The Balaban J connectivity index is 2.59. The fraction of sp³-hybridized carbons (Fsp3) is 0.647. The summed E-state index contributed by atoms with van der Waals surface area (Å²) in [5.41, 5.74) is 0. The number of esters is 2. The summed E-state index contributed by atoms with van der Waals surface area (Å²) in [6.45, 7) is 3.03. The van der Waals surface area contributed by atoms with Gasteiger partial charge in [-0.1, -0.05) is 156 Å². The van der Waals surface area contributed by atoms with Gasteiger partial charge in [0.15, 0.2) is 6.10 Å².